The summed E-state index contributed by atoms with van der Waals surface area (Å²) in [7, 11) is 0. The van der Waals surface area contributed by atoms with Gasteiger partial charge < -0.3 is 28.6 Å². The van der Waals surface area contributed by atoms with Crippen molar-refractivity contribution in [1.82, 2.24) is 9.88 Å². The molecule has 4 fully saturated rings. The number of piperidine rings is 1. The Hall–Kier alpha value is -1.58. The van der Waals surface area contributed by atoms with Gasteiger partial charge in [0.05, 0.1) is 6.04 Å². The largest absolute Gasteiger partial charge is 0.342 e. The third kappa shape index (κ3) is 3.54. The summed E-state index contributed by atoms with van der Waals surface area (Å²) in [5.41, 5.74) is 1.04. The molecule has 4 aliphatic rings. The number of hydrogen-bond acceptors (Lipinski definition) is 7. The third-order valence-electron chi connectivity index (χ3n) is 6.25. The molecular weight excluding hydrogens is 388 g/mol. The van der Waals surface area contributed by atoms with Crippen LogP contribution in [0.1, 0.15) is 58.6 Å². The number of pyridine rings is 1. The maximum Gasteiger partial charge on any atom is 0.255 e. The van der Waals surface area contributed by atoms with Gasteiger partial charge in [-0.25, -0.2) is 0 Å². The van der Waals surface area contributed by atoms with E-state index in [-0.39, 0.29) is 11.9 Å². The number of fused-ring (bicyclic) bond motifs is 3. The van der Waals surface area contributed by atoms with Crippen molar-refractivity contribution in [1.29, 1.82) is 0 Å². The van der Waals surface area contributed by atoms with Crippen molar-refractivity contribution in [3.8, 4) is 0 Å². The molecule has 30 heavy (non-hydrogen) atoms. The lowest BCUT2D eigenvalue weighted by atomic mass is 9.93. The van der Waals surface area contributed by atoms with E-state index in [9.17, 15) is 4.79 Å². The Morgan fingerprint density at radius 2 is 1.77 bits per heavy atom. The van der Waals surface area contributed by atoms with Gasteiger partial charge >= 0.3 is 0 Å². The number of carbonyl (C=O) groups is 1. The van der Waals surface area contributed by atoms with E-state index in [0.717, 1.165) is 24.8 Å². The highest BCUT2D eigenvalue weighted by Crippen LogP contribution is 2.45. The zero-order valence-corrected chi connectivity index (χ0v) is 17.9. The van der Waals surface area contributed by atoms with Crippen molar-refractivity contribution in [2.45, 2.75) is 95.3 Å². The zero-order chi connectivity index (χ0) is 21.1. The minimum Gasteiger partial charge on any atom is -0.342 e. The second-order valence-electron chi connectivity index (χ2n) is 9.42. The molecule has 6 atom stereocenters. The van der Waals surface area contributed by atoms with E-state index in [0.29, 0.717) is 6.54 Å². The number of nitrogens with zero attached hydrogens (tertiary/aromatic N) is 2. The molecule has 4 saturated heterocycles. The fourth-order valence-electron chi connectivity index (χ4n) is 5.09. The van der Waals surface area contributed by atoms with Crippen LogP contribution in [0.3, 0.4) is 0 Å². The molecule has 0 bridgehead atoms. The van der Waals surface area contributed by atoms with E-state index < -0.39 is 42.3 Å². The van der Waals surface area contributed by atoms with Crippen LogP contribution in [-0.4, -0.2) is 64.6 Å². The number of aromatic nitrogens is 1. The first-order valence-electron chi connectivity index (χ1n) is 10.8. The van der Waals surface area contributed by atoms with Gasteiger partial charge in [-0.3, -0.25) is 9.78 Å². The van der Waals surface area contributed by atoms with Gasteiger partial charge in [0.15, 0.2) is 24.0 Å². The van der Waals surface area contributed by atoms with Crippen LogP contribution < -0.4 is 0 Å². The summed E-state index contributed by atoms with van der Waals surface area (Å²) in [6.45, 7) is 8.05. The van der Waals surface area contributed by atoms with E-state index in [4.69, 9.17) is 23.7 Å². The van der Waals surface area contributed by atoms with Gasteiger partial charge in [0.1, 0.15) is 18.3 Å². The minimum absolute atomic E-state index is 0.0211. The molecule has 1 amide bonds. The molecule has 164 valence electrons. The van der Waals surface area contributed by atoms with Gasteiger partial charge in [0.25, 0.3) is 5.91 Å². The highest BCUT2D eigenvalue weighted by molar-refractivity contribution is 5.82. The normalized spacial score (nSPS) is 39.4. The van der Waals surface area contributed by atoms with E-state index in [1.807, 2.05) is 50.9 Å². The van der Waals surface area contributed by atoms with Gasteiger partial charge in [-0.2, -0.15) is 0 Å². The van der Waals surface area contributed by atoms with Crippen LogP contribution in [0, 0.1) is 0 Å². The molecule has 0 N–H and O–H groups in total. The standard InChI is InChI=1S/C22H30N2O6/c1-21(2)27-15-16(28-21)18-20(30-22(3,4)29-18)26-17(15)19(25)24-11-6-5-9-14(24)13-8-7-10-23-12-13/h7-8,10,12,14-18,20H,5-6,9,11H2,1-4H3/t14?,15-,16+,17?,18-,20-/m1/s1. The van der Waals surface area contributed by atoms with Crippen molar-refractivity contribution < 1.29 is 28.5 Å². The van der Waals surface area contributed by atoms with Gasteiger partial charge in [-0.1, -0.05) is 6.07 Å². The number of hydrogen-bond donors (Lipinski definition) is 0. The summed E-state index contributed by atoms with van der Waals surface area (Å²) in [6.07, 6.45) is 3.62. The maximum absolute atomic E-state index is 13.8. The maximum atomic E-state index is 13.8. The second kappa shape index (κ2) is 7.24. The Morgan fingerprint density at radius 3 is 2.53 bits per heavy atom. The van der Waals surface area contributed by atoms with Gasteiger partial charge in [0, 0.05) is 18.9 Å². The van der Waals surface area contributed by atoms with Crippen molar-refractivity contribution in [3.05, 3.63) is 30.1 Å². The predicted octanol–water partition coefficient (Wildman–Crippen LogP) is 2.53. The van der Waals surface area contributed by atoms with E-state index in [1.54, 1.807) is 6.20 Å². The third-order valence-corrected chi connectivity index (χ3v) is 6.25. The Morgan fingerprint density at radius 1 is 1.03 bits per heavy atom. The highest BCUT2D eigenvalue weighted by Gasteiger charge is 2.62. The average Bonchev–Trinajstić information content (AvgIpc) is 3.21. The number of carbonyl (C=O) groups excluding carboxylic acids is 1. The molecule has 0 spiro atoms. The first-order valence-corrected chi connectivity index (χ1v) is 10.8. The van der Waals surface area contributed by atoms with E-state index in [1.165, 1.54) is 0 Å². The Balaban J connectivity index is 1.44. The van der Waals surface area contributed by atoms with Crippen LogP contribution >= 0.6 is 0 Å². The first kappa shape index (κ1) is 20.3. The molecular formula is C22H30N2O6. The van der Waals surface area contributed by atoms with Crippen LogP contribution in [-0.2, 0) is 28.5 Å². The van der Waals surface area contributed by atoms with Gasteiger partial charge in [-0.15, -0.1) is 0 Å². The lowest BCUT2D eigenvalue weighted by Crippen LogP contribution is -2.60. The van der Waals surface area contributed by atoms with E-state index >= 15 is 0 Å². The monoisotopic (exact) mass is 418 g/mol. The van der Waals surface area contributed by atoms with Crippen molar-refractivity contribution in [2.24, 2.45) is 0 Å². The number of amides is 1. The molecule has 8 heteroatoms. The molecule has 0 aliphatic carbocycles. The Bertz CT molecular complexity index is 800. The van der Waals surface area contributed by atoms with Crippen molar-refractivity contribution >= 4 is 5.91 Å². The molecule has 8 nitrogen and oxygen atoms in total. The summed E-state index contributed by atoms with van der Waals surface area (Å²) in [5.74, 6) is -1.73. The van der Waals surface area contributed by atoms with Crippen LogP contribution in [0.2, 0.25) is 0 Å². The molecule has 5 rings (SSSR count). The lowest BCUT2D eigenvalue weighted by molar-refractivity contribution is -0.235. The summed E-state index contributed by atoms with van der Waals surface area (Å²) >= 11 is 0. The summed E-state index contributed by atoms with van der Waals surface area (Å²) in [4.78, 5) is 20.0. The Kier molecular flexibility index (Phi) is 4.91. The van der Waals surface area contributed by atoms with Crippen LogP contribution in [0.25, 0.3) is 0 Å². The molecule has 4 aliphatic heterocycles. The summed E-state index contributed by atoms with van der Waals surface area (Å²) < 4.78 is 30.5. The molecule has 1 aromatic heterocycles. The van der Waals surface area contributed by atoms with Crippen molar-refractivity contribution in [3.63, 3.8) is 0 Å². The Labute approximate surface area is 176 Å². The molecule has 0 aromatic carbocycles. The minimum atomic E-state index is -0.827. The van der Waals surface area contributed by atoms with Crippen molar-refractivity contribution in [2.75, 3.05) is 6.54 Å². The first-order chi connectivity index (χ1) is 14.2. The summed E-state index contributed by atoms with van der Waals surface area (Å²) in [6, 6.07) is 3.91. The predicted molar refractivity (Wildman–Crippen MR) is 105 cm³/mol. The quantitative estimate of drug-likeness (QED) is 0.730. The molecule has 1 aromatic rings. The molecule has 2 unspecified atom stereocenters. The van der Waals surface area contributed by atoms with Gasteiger partial charge in [0.2, 0.25) is 0 Å². The van der Waals surface area contributed by atoms with Crippen LogP contribution in [0.4, 0.5) is 0 Å². The summed E-state index contributed by atoms with van der Waals surface area (Å²) in [5, 5.41) is 0. The second-order valence-corrected chi connectivity index (χ2v) is 9.42. The number of rotatable bonds is 2. The topological polar surface area (TPSA) is 79.4 Å². The fraction of sp³-hybridized carbons (Fsp3) is 0.727. The zero-order valence-electron chi connectivity index (χ0n) is 17.9. The smallest absolute Gasteiger partial charge is 0.255 e. The molecule has 5 heterocycles. The van der Waals surface area contributed by atoms with E-state index in [2.05, 4.69) is 4.98 Å². The molecule has 0 saturated carbocycles. The highest BCUT2D eigenvalue weighted by atomic mass is 16.9. The van der Waals surface area contributed by atoms with Gasteiger partial charge in [-0.05, 0) is 58.6 Å². The van der Waals surface area contributed by atoms with Crippen LogP contribution in [0.15, 0.2) is 24.5 Å². The lowest BCUT2D eigenvalue weighted by Gasteiger charge is -2.42. The average molecular weight is 418 g/mol. The number of ether oxygens (including phenoxy) is 5. The van der Waals surface area contributed by atoms with Crippen LogP contribution in [0.5, 0.6) is 0 Å². The molecule has 0 radical (unpaired) electrons. The fourth-order valence-corrected chi connectivity index (χ4v) is 5.09. The number of likely N-dealkylation sites (tertiary alicyclic amines) is 1. The SMILES string of the molecule is CC1(C)O[C@H]2OC(C(=O)N3CCCCC3c3cccnc3)[C@@H]3OC(C)(C)O[C@@H]3[C@H]2O1.